The summed E-state index contributed by atoms with van der Waals surface area (Å²) in [6, 6.07) is 9.30. The summed E-state index contributed by atoms with van der Waals surface area (Å²) in [5, 5.41) is 0.354. The van der Waals surface area contributed by atoms with Gasteiger partial charge in [0.2, 0.25) is 10.0 Å². The molecular weight excluding hydrogens is 591 g/mol. The van der Waals surface area contributed by atoms with E-state index in [0.29, 0.717) is 43.4 Å². The van der Waals surface area contributed by atoms with Crippen molar-refractivity contribution in [3.05, 3.63) is 64.7 Å². The molecule has 0 N–H and O–H groups in total. The summed E-state index contributed by atoms with van der Waals surface area (Å²) in [5.74, 6) is 0. The molecule has 2 heterocycles. The van der Waals surface area contributed by atoms with Gasteiger partial charge < -0.3 is 9.64 Å². The summed E-state index contributed by atoms with van der Waals surface area (Å²) in [4.78, 5) is 17.1. The lowest BCUT2D eigenvalue weighted by atomic mass is 9.92. The van der Waals surface area contributed by atoms with Crippen molar-refractivity contribution in [2.24, 2.45) is 0 Å². The number of nitrogens with zero attached hydrogens (tertiary/aromatic N) is 3. The fourth-order valence-corrected chi connectivity index (χ4v) is 8.02. The van der Waals surface area contributed by atoms with Crippen LogP contribution in [0.15, 0.2) is 53.4 Å². The van der Waals surface area contributed by atoms with E-state index in [4.69, 9.17) is 16.3 Å². The molecule has 3 atom stereocenters. The number of hydrogen-bond acceptors (Lipinski definition) is 5. The summed E-state index contributed by atoms with van der Waals surface area (Å²) >= 11 is 5.99. The zero-order chi connectivity index (χ0) is 30.5. The molecule has 232 valence electrons. The van der Waals surface area contributed by atoms with E-state index in [-0.39, 0.29) is 17.1 Å². The number of piperidine rings is 1. The number of ether oxygens (including phenoxy) is 1. The molecule has 2 saturated heterocycles. The lowest BCUT2D eigenvalue weighted by Crippen LogP contribution is -2.53. The molecule has 0 bridgehead atoms. The van der Waals surface area contributed by atoms with Gasteiger partial charge in [0.05, 0.1) is 22.5 Å². The molecule has 2 fully saturated rings. The number of rotatable bonds is 9. The smallest absolute Gasteiger partial charge is 0.416 e. The van der Waals surface area contributed by atoms with Gasteiger partial charge in [-0.2, -0.15) is 17.5 Å². The molecule has 2 aliphatic heterocycles. The highest BCUT2D eigenvalue weighted by Crippen LogP contribution is 2.41. The van der Waals surface area contributed by atoms with E-state index in [1.807, 2.05) is 0 Å². The van der Waals surface area contributed by atoms with E-state index in [0.717, 1.165) is 44.5 Å². The molecule has 0 aliphatic carbocycles. The number of carbonyl (C=O) groups excluding carboxylic acids is 1. The molecule has 2 aromatic carbocycles. The van der Waals surface area contributed by atoms with Crippen molar-refractivity contribution in [3.8, 4) is 0 Å². The third-order valence-corrected chi connectivity index (χ3v) is 10.5. The Labute approximate surface area is 251 Å². The molecule has 7 nitrogen and oxygen atoms in total. The summed E-state index contributed by atoms with van der Waals surface area (Å²) < 4.78 is 75.6. The van der Waals surface area contributed by atoms with Crippen LogP contribution >= 0.6 is 11.6 Å². The minimum Gasteiger partial charge on any atom is -0.448 e. The van der Waals surface area contributed by atoms with Crippen molar-refractivity contribution in [3.63, 3.8) is 0 Å². The van der Waals surface area contributed by atoms with Gasteiger partial charge in [-0.15, -0.1) is 0 Å². The van der Waals surface area contributed by atoms with Crippen molar-refractivity contribution in [1.82, 2.24) is 14.1 Å². The number of alkyl halides is 3. The first-order valence-corrected chi connectivity index (χ1v) is 16.4. The van der Waals surface area contributed by atoms with Gasteiger partial charge >= 0.3 is 12.3 Å². The molecule has 0 aromatic heterocycles. The maximum Gasteiger partial charge on any atom is 0.416 e. The van der Waals surface area contributed by atoms with E-state index in [1.54, 1.807) is 4.90 Å². The van der Waals surface area contributed by atoms with E-state index in [9.17, 15) is 26.4 Å². The fraction of sp³-hybridized carbons (Fsp3) is 0.567. The molecule has 0 spiro atoms. The summed E-state index contributed by atoms with van der Waals surface area (Å²) in [6.07, 6.45) is -0.544. The van der Waals surface area contributed by atoms with Crippen LogP contribution in [-0.4, -0.2) is 73.5 Å². The number of sulfonamides is 1. The minimum atomic E-state index is -4.57. The van der Waals surface area contributed by atoms with Gasteiger partial charge in [0.25, 0.3) is 0 Å². The standard InChI is InChI=1S/C30H39ClF3N3O4S/c1-3-7-25(4-2)35-16-18-36(19-17-35)29(38)41-21-26-10-6-11-28(22-8-5-9-23(20-22)30(32,33)34)37(26)42(39,40)27-14-12-24(31)13-15-27/h5,8-9,12-15,20,25-26,28H,3-4,6-7,10-11,16-19,21H2,1-2H3/t25?,26-,28+/m1/s1. The van der Waals surface area contributed by atoms with E-state index >= 15 is 0 Å². The Hall–Kier alpha value is -2.34. The molecule has 2 aromatic rings. The molecule has 1 amide bonds. The lowest BCUT2D eigenvalue weighted by molar-refractivity contribution is -0.137. The predicted octanol–water partition coefficient (Wildman–Crippen LogP) is 6.98. The van der Waals surface area contributed by atoms with Gasteiger partial charge in [0.1, 0.15) is 6.61 Å². The second-order valence-electron chi connectivity index (χ2n) is 11.0. The van der Waals surface area contributed by atoms with Crippen LogP contribution < -0.4 is 0 Å². The van der Waals surface area contributed by atoms with Crippen LogP contribution in [0.25, 0.3) is 0 Å². The Kier molecular flexibility index (Phi) is 10.8. The molecule has 0 radical (unpaired) electrons. The first-order valence-electron chi connectivity index (χ1n) is 14.6. The van der Waals surface area contributed by atoms with E-state index in [1.165, 1.54) is 40.7 Å². The average Bonchev–Trinajstić information content (AvgIpc) is 2.98. The van der Waals surface area contributed by atoms with Gasteiger partial charge in [-0.3, -0.25) is 4.90 Å². The zero-order valence-corrected chi connectivity index (χ0v) is 25.6. The number of halogens is 4. The summed E-state index contributed by atoms with van der Waals surface area (Å²) in [7, 11) is -4.19. The maximum absolute atomic E-state index is 14.0. The Balaban J connectivity index is 1.55. The van der Waals surface area contributed by atoms with Gasteiger partial charge in [0, 0.05) is 37.2 Å². The minimum absolute atomic E-state index is 0.0317. The van der Waals surface area contributed by atoms with E-state index in [2.05, 4.69) is 18.7 Å². The Morgan fingerprint density at radius 1 is 1.05 bits per heavy atom. The lowest BCUT2D eigenvalue weighted by Gasteiger charge is -2.42. The fourth-order valence-electron chi connectivity index (χ4n) is 6.05. The highest BCUT2D eigenvalue weighted by atomic mass is 35.5. The zero-order valence-electron chi connectivity index (χ0n) is 24.0. The van der Waals surface area contributed by atoms with Crippen LogP contribution in [0.4, 0.5) is 18.0 Å². The van der Waals surface area contributed by atoms with Crippen LogP contribution in [0.2, 0.25) is 5.02 Å². The number of piperazine rings is 1. The number of amides is 1. The number of hydrogen-bond donors (Lipinski definition) is 0. The third kappa shape index (κ3) is 7.59. The Morgan fingerprint density at radius 3 is 2.36 bits per heavy atom. The van der Waals surface area contributed by atoms with Crippen LogP contribution in [0.1, 0.15) is 69.5 Å². The van der Waals surface area contributed by atoms with Crippen molar-refractivity contribution in [2.45, 2.75) is 81.6 Å². The highest BCUT2D eigenvalue weighted by molar-refractivity contribution is 7.89. The van der Waals surface area contributed by atoms with Crippen molar-refractivity contribution in [2.75, 3.05) is 32.8 Å². The van der Waals surface area contributed by atoms with Gasteiger partial charge in [-0.25, -0.2) is 13.2 Å². The average molecular weight is 630 g/mol. The van der Waals surface area contributed by atoms with Gasteiger partial charge in [-0.1, -0.05) is 44.0 Å². The molecule has 42 heavy (non-hydrogen) atoms. The molecule has 2 aliphatic rings. The second-order valence-corrected chi connectivity index (χ2v) is 13.2. The topological polar surface area (TPSA) is 70.2 Å². The quantitative estimate of drug-likeness (QED) is 0.299. The molecule has 4 rings (SSSR count). The number of benzene rings is 2. The van der Waals surface area contributed by atoms with Crippen LogP contribution in [-0.2, 0) is 20.9 Å². The molecule has 1 unspecified atom stereocenters. The SMILES string of the molecule is CCCC(CC)N1CCN(C(=O)OC[C@H]2CCC[C@@H](c3cccc(C(F)(F)F)c3)N2S(=O)(=O)c2ccc(Cl)cc2)CC1. The maximum atomic E-state index is 14.0. The first-order chi connectivity index (χ1) is 20.0. The number of carbonyl (C=O) groups is 1. The monoisotopic (exact) mass is 629 g/mol. The van der Waals surface area contributed by atoms with Crippen LogP contribution in [0.5, 0.6) is 0 Å². The molecule has 0 saturated carbocycles. The largest absolute Gasteiger partial charge is 0.448 e. The Bertz CT molecular complexity index is 1300. The van der Waals surface area contributed by atoms with Gasteiger partial charge in [-0.05, 0) is 74.1 Å². The van der Waals surface area contributed by atoms with Crippen molar-refractivity contribution < 1.29 is 31.1 Å². The predicted molar refractivity (Wildman–Crippen MR) is 156 cm³/mol. The highest BCUT2D eigenvalue weighted by Gasteiger charge is 2.42. The van der Waals surface area contributed by atoms with Crippen LogP contribution in [0.3, 0.4) is 0 Å². The first kappa shape index (κ1) is 32.6. The Morgan fingerprint density at radius 2 is 1.74 bits per heavy atom. The normalized spacial score (nSPS) is 21.7. The summed E-state index contributed by atoms with van der Waals surface area (Å²) in [6.45, 7) is 6.65. The second kappa shape index (κ2) is 14.0. The molecule has 12 heteroatoms. The van der Waals surface area contributed by atoms with Crippen molar-refractivity contribution in [1.29, 1.82) is 0 Å². The summed E-state index contributed by atoms with van der Waals surface area (Å²) in [5.41, 5.74) is -0.604. The van der Waals surface area contributed by atoms with Crippen LogP contribution in [0, 0.1) is 0 Å². The third-order valence-electron chi connectivity index (χ3n) is 8.25. The van der Waals surface area contributed by atoms with Gasteiger partial charge in [0.15, 0.2) is 0 Å². The van der Waals surface area contributed by atoms with E-state index < -0.39 is 39.9 Å². The molecular formula is C30H39ClF3N3O4S. The van der Waals surface area contributed by atoms with Crippen molar-refractivity contribution >= 4 is 27.7 Å².